The van der Waals surface area contributed by atoms with E-state index in [9.17, 15) is 24.9 Å². The van der Waals surface area contributed by atoms with Crippen molar-refractivity contribution < 1.29 is 24.9 Å². The number of hydrogen-bond donors (Lipinski definition) is 4. The predicted molar refractivity (Wildman–Crippen MR) is 68.2 cm³/mol. The fraction of sp³-hybridized carbons (Fsp3) is 0.583. The number of nitrogens with zero attached hydrogens (tertiary/aromatic N) is 3. The van der Waals surface area contributed by atoms with Crippen molar-refractivity contribution in [3.63, 3.8) is 0 Å². The standard InChI is InChI=1S/C12H16N4O5/c17-9-3-15(4-10(9)18)12(21)16-2-7-6(13-5-14-7)1-8(16)11(19)20/h5,8-10,17-18H,1-4H2,(H,13,14)(H,19,20). The number of aliphatic carboxylic acids is 1. The van der Waals surface area contributed by atoms with Crippen molar-refractivity contribution in [1.82, 2.24) is 19.8 Å². The number of nitrogens with one attached hydrogen (secondary N) is 1. The van der Waals surface area contributed by atoms with Gasteiger partial charge >= 0.3 is 12.0 Å². The Morgan fingerprint density at radius 2 is 1.95 bits per heavy atom. The van der Waals surface area contributed by atoms with Gasteiger partial charge in [0.25, 0.3) is 0 Å². The molecule has 9 nitrogen and oxygen atoms in total. The van der Waals surface area contributed by atoms with E-state index in [-0.39, 0.29) is 26.1 Å². The largest absolute Gasteiger partial charge is 0.480 e. The lowest BCUT2D eigenvalue weighted by Gasteiger charge is -2.35. The lowest BCUT2D eigenvalue weighted by molar-refractivity contribution is -0.142. The van der Waals surface area contributed by atoms with E-state index >= 15 is 0 Å². The molecule has 4 N–H and O–H groups in total. The molecule has 0 aromatic carbocycles. The average Bonchev–Trinajstić information content (AvgIpc) is 3.03. The fourth-order valence-electron chi connectivity index (χ4n) is 2.76. The summed E-state index contributed by atoms with van der Waals surface area (Å²) in [6.45, 7) is 0.116. The van der Waals surface area contributed by atoms with Crippen LogP contribution in [0.2, 0.25) is 0 Å². The van der Waals surface area contributed by atoms with Crippen LogP contribution >= 0.6 is 0 Å². The summed E-state index contributed by atoms with van der Waals surface area (Å²) >= 11 is 0. The molecule has 2 aliphatic rings. The lowest BCUT2D eigenvalue weighted by Crippen LogP contribution is -2.53. The monoisotopic (exact) mass is 296 g/mol. The molecule has 3 rings (SSSR count). The van der Waals surface area contributed by atoms with Crippen LogP contribution in [0.1, 0.15) is 11.4 Å². The summed E-state index contributed by atoms with van der Waals surface area (Å²) in [7, 11) is 0. The normalized spacial score (nSPS) is 28.6. The molecule has 3 heterocycles. The molecule has 3 atom stereocenters. The van der Waals surface area contributed by atoms with Gasteiger partial charge in [0.1, 0.15) is 6.04 Å². The van der Waals surface area contributed by atoms with Gasteiger partial charge in [-0.25, -0.2) is 14.6 Å². The summed E-state index contributed by atoms with van der Waals surface area (Å²) in [5.74, 6) is -1.10. The van der Waals surface area contributed by atoms with E-state index in [1.54, 1.807) is 0 Å². The van der Waals surface area contributed by atoms with Crippen LogP contribution < -0.4 is 0 Å². The summed E-state index contributed by atoms with van der Waals surface area (Å²) < 4.78 is 0. The van der Waals surface area contributed by atoms with E-state index in [0.717, 1.165) is 0 Å². The number of H-pyrrole nitrogens is 1. The summed E-state index contributed by atoms with van der Waals surface area (Å²) in [4.78, 5) is 33.3. The van der Waals surface area contributed by atoms with E-state index in [2.05, 4.69) is 9.97 Å². The first-order chi connectivity index (χ1) is 9.97. The van der Waals surface area contributed by atoms with Crippen LogP contribution in [0.15, 0.2) is 6.33 Å². The SMILES string of the molecule is O=C(O)C1Cc2nc[nH]c2CN1C(=O)N1CC(O)C(O)C1. The van der Waals surface area contributed by atoms with Crippen molar-refractivity contribution in [2.75, 3.05) is 13.1 Å². The second-order valence-corrected chi connectivity index (χ2v) is 5.34. The van der Waals surface area contributed by atoms with E-state index in [1.165, 1.54) is 16.1 Å². The molecule has 0 saturated carbocycles. The molecule has 0 radical (unpaired) electrons. The minimum Gasteiger partial charge on any atom is -0.480 e. The number of aliphatic hydroxyl groups is 2. The van der Waals surface area contributed by atoms with Gasteiger partial charge in [-0.2, -0.15) is 0 Å². The second kappa shape index (κ2) is 5.01. The van der Waals surface area contributed by atoms with Gasteiger partial charge in [-0.1, -0.05) is 0 Å². The molecule has 1 saturated heterocycles. The topological polar surface area (TPSA) is 130 Å². The molecule has 0 spiro atoms. The Hall–Kier alpha value is -2.13. The first-order valence-electron chi connectivity index (χ1n) is 6.63. The van der Waals surface area contributed by atoms with Crippen molar-refractivity contribution in [3.8, 4) is 0 Å². The molecule has 1 aromatic rings. The molecule has 114 valence electrons. The van der Waals surface area contributed by atoms with Crippen molar-refractivity contribution in [3.05, 3.63) is 17.7 Å². The zero-order chi connectivity index (χ0) is 15.1. The molecule has 1 aromatic heterocycles. The minimum atomic E-state index is -1.10. The van der Waals surface area contributed by atoms with Crippen LogP contribution in [0, 0.1) is 0 Å². The average molecular weight is 296 g/mol. The maximum atomic E-state index is 12.5. The van der Waals surface area contributed by atoms with E-state index in [0.29, 0.717) is 11.4 Å². The van der Waals surface area contributed by atoms with Crippen molar-refractivity contribution in [2.24, 2.45) is 0 Å². The number of carbonyl (C=O) groups excluding carboxylic acids is 1. The summed E-state index contributed by atoms with van der Waals surface area (Å²) in [6, 6.07) is -1.50. The highest BCUT2D eigenvalue weighted by atomic mass is 16.4. The number of fused-ring (bicyclic) bond motifs is 1. The number of aromatic nitrogens is 2. The molecule has 2 amide bonds. The summed E-state index contributed by atoms with van der Waals surface area (Å²) in [6.07, 6.45) is -0.380. The maximum Gasteiger partial charge on any atom is 0.326 e. The third-order valence-corrected chi connectivity index (χ3v) is 3.96. The van der Waals surface area contributed by atoms with Crippen LogP contribution in [0.4, 0.5) is 4.79 Å². The number of amides is 2. The number of imidazole rings is 1. The number of carboxylic acid groups (broad SMARTS) is 1. The maximum absolute atomic E-state index is 12.5. The van der Waals surface area contributed by atoms with Crippen molar-refractivity contribution >= 4 is 12.0 Å². The summed E-state index contributed by atoms with van der Waals surface area (Å²) in [5, 5.41) is 28.4. The highest BCUT2D eigenvalue weighted by molar-refractivity contribution is 5.83. The highest BCUT2D eigenvalue weighted by Gasteiger charge is 2.41. The molecule has 2 aliphatic heterocycles. The molecular weight excluding hydrogens is 280 g/mol. The number of hydrogen-bond acceptors (Lipinski definition) is 5. The zero-order valence-corrected chi connectivity index (χ0v) is 11.1. The zero-order valence-electron chi connectivity index (χ0n) is 11.1. The van der Waals surface area contributed by atoms with E-state index in [4.69, 9.17) is 0 Å². The number of urea groups is 1. The third-order valence-electron chi connectivity index (χ3n) is 3.96. The van der Waals surface area contributed by atoms with Gasteiger partial charge in [-0.05, 0) is 0 Å². The predicted octanol–water partition coefficient (Wildman–Crippen LogP) is -1.62. The Labute approximate surface area is 119 Å². The molecule has 3 unspecified atom stereocenters. The van der Waals surface area contributed by atoms with Crippen LogP contribution in [0.3, 0.4) is 0 Å². The van der Waals surface area contributed by atoms with Gasteiger partial charge in [-0.3, -0.25) is 0 Å². The fourth-order valence-corrected chi connectivity index (χ4v) is 2.76. The Morgan fingerprint density at radius 3 is 2.57 bits per heavy atom. The quantitative estimate of drug-likeness (QED) is 0.493. The minimum absolute atomic E-state index is 0.00132. The molecule has 9 heteroatoms. The second-order valence-electron chi connectivity index (χ2n) is 5.34. The van der Waals surface area contributed by atoms with Gasteiger partial charge in [0.15, 0.2) is 0 Å². The Bertz CT molecular complexity index is 564. The smallest absolute Gasteiger partial charge is 0.326 e. The molecule has 0 bridgehead atoms. The van der Waals surface area contributed by atoms with E-state index < -0.39 is 30.3 Å². The number of carboxylic acids is 1. The number of carbonyl (C=O) groups is 2. The Kier molecular flexibility index (Phi) is 3.30. The van der Waals surface area contributed by atoms with Gasteiger partial charge in [0.2, 0.25) is 0 Å². The van der Waals surface area contributed by atoms with Crippen LogP contribution in [-0.4, -0.2) is 78.4 Å². The number of likely N-dealkylation sites (tertiary alicyclic amines) is 1. The van der Waals surface area contributed by atoms with Gasteiger partial charge < -0.3 is 30.1 Å². The Balaban J connectivity index is 1.82. The number of aliphatic hydroxyl groups excluding tert-OH is 2. The van der Waals surface area contributed by atoms with E-state index in [1.807, 2.05) is 0 Å². The van der Waals surface area contributed by atoms with Gasteiger partial charge in [0.05, 0.1) is 49.6 Å². The molecular formula is C12H16N4O5. The van der Waals surface area contributed by atoms with Crippen LogP contribution in [0.25, 0.3) is 0 Å². The number of β-amino-alcohol motifs (C(OH)–C–C–N with tert-alkyl or cyclic N) is 2. The lowest BCUT2D eigenvalue weighted by atomic mass is 10.0. The van der Waals surface area contributed by atoms with Crippen LogP contribution in [0.5, 0.6) is 0 Å². The first-order valence-corrected chi connectivity index (χ1v) is 6.63. The Morgan fingerprint density at radius 1 is 1.29 bits per heavy atom. The van der Waals surface area contributed by atoms with Gasteiger partial charge in [0, 0.05) is 6.42 Å². The highest BCUT2D eigenvalue weighted by Crippen LogP contribution is 2.23. The number of aromatic amines is 1. The first kappa shape index (κ1) is 13.8. The van der Waals surface area contributed by atoms with Gasteiger partial charge in [-0.15, -0.1) is 0 Å². The molecule has 1 fully saturated rings. The van der Waals surface area contributed by atoms with Crippen molar-refractivity contribution in [2.45, 2.75) is 31.2 Å². The number of rotatable bonds is 1. The van der Waals surface area contributed by atoms with Crippen molar-refractivity contribution in [1.29, 1.82) is 0 Å². The third kappa shape index (κ3) is 2.34. The molecule has 21 heavy (non-hydrogen) atoms. The molecule has 0 aliphatic carbocycles. The van der Waals surface area contributed by atoms with Crippen LogP contribution in [-0.2, 0) is 17.8 Å². The summed E-state index contributed by atoms with van der Waals surface area (Å²) in [5.41, 5.74) is 1.36.